The summed E-state index contributed by atoms with van der Waals surface area (Å²) in [6.07, 6.45) is 4.56. The van der Waals surface area contributed by atoms with Gasteiger partial charge >= 0.3 is 0 Å². The zero-order chi connectivity index (χ0) is 20.1. The molecule has 2 aromatic rings. The van der Waals surface area contributed by atoms with Gasteiger partial charge in [-0.2, -0.15) is 0 Å². The fraction of sp³-hybridized carbons (Fsp3) is 0.478. The molecule has 1 aliphatic carbocycles. The zero-order valence-corrected chi connectivity index (χ0v) is 17.0. The second-order valence-electron chi connectivity index (χ2n) is 8.66. The van der Waals surface area contributed by atoms with Crippen molar-refractivity contribution in [3.05, 3.63) is 54.0 Å². The molecule has 0 saturated heterocycles. The number of carbonyl (C=O) groups excluding carboxylic acids is 2. The smallest absolute Gasteiger partial charge is 0.227 e. The molecular weight excluding hydrogens is 352 g/mol. The SMILES string of the molecule is CC(C)(C)c1ccc(NC(=O)C2CCC(C(=O)NCc3ccco3)CC2)cc1. The molecule has 1 aromatic carbocycles. The Morgan fingerprint density at radius 3 is 2.11 bits per heavy atom. The highest BCUT2D eigenvalue weighted by Gasteiger charge is 2.30. The highest BCUT2D eigenvalue weighted by Crippen LogP contribution is 2.30. The molecule has 28 heavy (non-hydrogen) atoms. The van der Waals surface area contributed by atoms with Crippen LogP contribution in [0.1, 0.15) is 57.8 Å². The Morgan fingerprint density at radius 2 is 1.57 bits per heavy atom. The maximum absolute atomic E-state index is 12.6. The molecule has 1 fully saturated rings. The lowest BCUT2D eigenvalue weighted by Gasteiger charge is -2.27. The predicted molar refractivity (Wildman–Crippen MR) is 110 cm³/mol. The quantitative estimate of drug-likeness (QED) is 0.791. The van der Waals surface area contributed by atoms with Crippen LogP contribution in [0.2, 0.25) is 0 Å². The van der Waals surface area contributed by atoms with E-state index < -0.39 is 0 Å². The van der Waals surface area contributed by atoms with Gasteiger partial charge in [0, 0.05) is 17.5 Å². The molecule has 0 spiro atoms. The van der Waals surface area contributed by atoms with Crippen LogP contribution in [-0.4, -0.2) is 11.8 Å². The molecule has 1 heterocycles. The van der Waals surface area contributed by atoms with Gasteiger partial charge in [0.25, 0.3) is 0 Å². The van der Waals surface area contributed by atoms with Crippen molar-refractivity contribution in [2.24, 2.45) is 11.8 Å². The predicted octanol–water partition coefficient (Wildman–Crippen LogP) is 4.64. The lowest BCUT2D eigenvalue weighted by atomic mass is 9.81. The van der Waals surface area contributed by atoms with E-state index in [1.165, 1.54) is 5.56 Å². The average Bonchev–Trinajstić information content (AvgIpc) is 3.19. The molecule has 0 bridgehead atoms. The number of furan rings is 1. The first kappa shape index (κ1) is 20.2. The van der Waals surface area contributed by atoms with Crippen molar-refractivity contribution >= 4 is 17.5 Å². The van der Waals surface area contributed by atoms with Crippen molar-refractivity contribution in [3.63, 3.8) is 0 Å². The molecule has 0 atom stereocenters. The van der Waals surface area contributed by atoms with Crippen molar-refractivity contribution in [2.45, 2.75) is 58.4 Å². The molecule has 5 heteroatoms. The Morgan fingerprint density at radius 1 is 0.964 bits per heavy atom. The fourth-order valence-electron chi connectivity index (χ4n) is 3.65. The minimum Gasteiger partial charge on any atom is -0.467 e. The van der Waals surface area contributed by atoms with Crippen molar-refractivity contribution < 1.29 is 14.0 Å². The first-order chi connectivity index (χ1) is 13.3. The van der Waals surface area contributed by atoms with E-state index in [4.69, 9.17) is 4.42 Å². The first-order valence-corrected chi connectivity index (χ1v) is 10.0. The monoisotopic (exact) mass is 382 g/mol. The Kier molecular flexibility index (Phi) is 6.22. The summed E-state index contributed by atoms with van der Waals surface area (Å²) in [6, 6.07) is 11.7. The third-order valence-corrected chi connectivity index (χ3v) is 5.50. The molecule has 0 unspecified atom stereocenters. The standard InChI is InChI=1S/C23H30N2O3/c1-23(2,3)18-10-12-19(13-11-18)25-22(27)17-8-6-16(7-9-17)21(26)24-15-20-5-4-14-28-20/h4-5,10-14,16-17H,6-9,15H2,1-3H3,(H,24,26)(H,25,27). The number of nitrogens with one attached hydrogen (secondary N) is 2. The molecular formula is C23H30N2O3. The van der Waals surface area contributed by atoms with Crippen LogP contribution >= 0.6 is 0 Å². The van der Waals surface area contributed by atoms with Gasteiger partial charge in [-0.1, -0.05) is 32.9 Å². The Bertz CT molecular complexity index is 780. The van der Waals surface area contributed by atoms with Gasteiger partial charge in [-0.05, 0) is 60.9 Å². The third kappa shape index (κ3) is 5.24. The summed E-state index contributed by atoms with van der Waals surface area (Å²) in [5.41, 5.74) is 2.17. The van der Waals surface area contributed by atoms with Crippen molar-refractivity contribution in [1.29, 1.82) is 0 Å². The highest BCUT2D eigenvalue weighted by atomic mass is 16.3. The number of rotatable bonds is 5. The van der Waals surface area contributed by atoms with Gasteiger partial charge in [0.15, 0.2) is 0 Å². The summed E-state index contributed by atoms with van der Waals surface area (Å²) < 4.78 is 5.23. The molecule has 1 saturated carbocycles. The van der Waals surface area contributed by atoms with Gasteiger partial charge < -0.3 is 15.1 Å². The molecule has 0 radical (unpaired) electrons. The Balaban J connectivity index is 1.45. The van der Waals surface area contributed by atoms with E-state index in [2.05, 4.69) is 43.5 Å². The molecule has 2 amide bonds. The van der Waals surface area contributed by atoms with Crippen LogP contribution in [-0.2, 0) is 21.5 Å². The van der Waals surface area contributed by atoms with Gasteiger partial charge in [0.2, 0.25) is 11.8 Å². The number of carbonyl (C=O) groups is 2. The first-order valence-electron chi connectivity index (χ1n) is 10.0. The second-order valence-corrected chi connectivity index (χ2v) is 8.66. The lowest BCUT2D eigenvalue weighted by molar-refractivity contribution is -0.128. The van der Waals surface area contributed by atoms with Crippen LogP contribution in [0.3, 0.4) is 0 Å². The summed E-state index contributed by atoms with van der Waals surface area (Å²) in [6.45, 7) is 6.92. The maximum Gasteiger partial charge on any atom is 0.227 e. The average molecular weight is 383 g/mol. The highest BCUT2D eigenvalue weighted by molar-refractivity contribution is 5.92. The van der Waals surface area contributed by atoms with E-state index in [0.717, 1.165) is 37.1 Å². The number of benzene rings is 1. The van der Waals surface area contributed by atoms with Crippen LogP contribution in [0.25, 0.3) is 0 Å². The van der Waals surface area contributed by atoms with Crippen LogP contribution in [0.5, 0.6) is 0 Å². The van der Waals surface area contributed by atoms with Gasteiger partial charge in [-0.3, -0.25) is 9.59 Å². The van der Waals surface area contributed by atoms with Gasteiger partial charge in [0.1, 0.15) is 5.76 Å². The molecule has 3 rings (SSSR count). The summed E-state index contributed by atoms with van der Waals surface area (Å²) in [7, 11) is 0. The molecule has 2 N–H and O–H groups in total. The fourth-order valence-corrected chi connectivity index (χ4v) is 3.65. The van der Waals surface area contributed by atoms with Gasteiger partial charge in [-0.15, -0.1) is 0 Å². The van der Waals surface area contributed by atoms with Gasteiger partial charge in [0.05, 0.1) is 12.8 Å². The number of anilines is 1. The van der Waals surface area contributed by atoms with E-state index >= 15 is 0 Å². The maximum atomic E-state index is 12.6. The minimum atomic E-state index is -0.0311. The van der Waals surface area contributed by atoms with E-state index in [0.29, 0.717) is 6.54 Å². The van der Waals surface area contributed by atoms with Crippen molar-refractivity contribution in [2.75, 3.05) is 5.32 Å². The third-order valence-electron chi connectivity index (χ3n) is 5.50. The van der Waals surface area contributed by atoms with Crippen LogP contribution < -0.4 is 10.6 Å². The van der Waals surface area contributed by atoms with Crippen molar-refractivity contribution in [3.8, 4) is 0 Å². The second kappa shape index (κ2) is 8.63. The summed E-state index contributed by atoms with van der Waals surface area (Å²) in [5.74, 6) is 0.798. The van der Waals surface area contributed by atoms with Crippen LogP contribution in [0, 0.1) is 11.8 Å². The van der Waals surface area contributed by atoms with Crippen LogP contribution in [0.4, 0.5) is 5.69 Å². The van der Waals surface area contributed by atoms with Crippen molar-refractivity contribution in [1.82, 2.24) is 5.32 Å². The summed E-state index contributed by atoms with van der Waals surface area (Å²) >= 11 is 0. The Labute approximate surface area is 166 Å². The number of hydrogen-bond acceptors (Lipinski definition) is 3. The molecule has 5 nitrogen and oxygen atoms in total. The topological polar surface area (TPSA) is 71.3 Å². The summed E-state index contributed by atoms with van der Waals surface area (Å²) in [4.78, 5) is 24.9. The number of amides is 2. The normalized spacial score (nSPS) is 19.8. The largest absolute Gasteiger partial charge is 0.467 e. The van der Waals surface area contributed by atoms with E-state index in [1.807, 2.05) is 24.3 Å². The zero-order valence-electron chi connectivity index (χ0n) is 17.0. The minimum absolute atomic E-state index is 0.0231. The molecule has 150 valence electrons. The van der Waals surface area contributed by atoms with E-state index in [-0.39, 0.29) is 29.1 Å². The lowest BCUT2D eigenvalue weighted by Crippen LogP contribution is -2.35. The van der Waals surface area contributed by atoms with E-state index in [1.54, 1.807) is 6.26 Å². The van der Waals surface area contributed by atoms with E-state index in [9.17, 15) is 9.59 Å². The summed E-state index contributed by atoms with van der Waals surface area (Å²) in [5, 5.41) is 5.95. The van der Waals surface area contributed by atoms with Crippen LogP contribution in [0.15, 0.2) is 47.1 Å². The van der Waals surface area contributed by atoms with Gasteiger partial charge in [-0.25, -0.2) is 0 Å². The molecule has 1 aromatic heterocycles. The molecule has 0 aliphatic heterocycles. The molecule has 1 aliphatic rings. The number of hydrogen-bond donors (Lipinski definition) is 2. The Hall–Kier alpha value is -2.56.